The molecule has 120 valence electrons. The number of ether oxygens (including phenoxy) is 1. The van der Waals surface area contributed by atoms with Crippen LogP contribution in [0.1, 0.15) is 13.3 Å². The monoisotopic (exact) mass is 326 g/mol. The third-order valence-electron chi connectivity index (χ3n) is 4.09. The number of amides is 1. The van der Waals surface area contributed by atoms with Crippen molar-refractivity contribution < 1.29 is 18.1 Å². The van der Waals surface area contributed by atoms with Crippen LogP contribution in [0.3, 0.4) is 0 Å². The molecule has 0 aliphatic carbocycles. The number of hydrogen-bond acceptors (Lipinski definition) is 4. The Bertz CT molecular complexity index is 600. The van der Waals surface area contributed by atoms with E-state index in [1.54, 1.807) is 12.1 Å². The van der Waals surface area contributed by atoms with E-state index >= 15 is 0 Å². The second kappa shape index (κ2) is 6.24. The minimum Gasteiger partial charge on any atom is -0.444 e. The molecule has 22 heavy (non-hydrogen) atoms. The highest BCUT2D eigenvalue weighted by Gasteiger charge is 2.31. The van der Waals surface area contributed by atoms with E-state index in [2.05, 4.69) is 0 Å². The largest absolute Gasteiger partial charge is 0.444 e. The average molecular weight is 326 g/mol. The molecule has 0 N–H and O–H groups in total. The van der Waals surface area contributed by atoms with Gasteiger partial charge in [0.15, 0.2) is 0 Å². The summed E-state index contributed by atoms with van der Waals surface area (Å²) >= 11 is 0. The third kappa shape index (κ3) is 2.95. The van der Waals surface area contributed by atoms with Crippen molar-refractivity contribution in [3.05, 3.63) is 24.0 Å². The lowest BCUT2D eigenvalue weighted by atomic mass is 10.2. The Kier molecular flexibility index (Phi) is 4.33. The number of halogens is 1. The van der Waals surface area contributed by atoms with Crippen LogP contribution in [-0.4, -0.2) is 47.5 Å². The summed E-state index contributed by atoms with van der Waals surface area (Å²) in [6.07, 6.45) is 0.188. The van der Waals surface area contributed by atoms with Crippen LogP contribution in [0.25, 0.3) is 0 Å². The number of rotatable bonds is 3. The number of nitrogens with zero attached hydrogens (tertiary/aromatic N) is 2. The number of hydrogen-bond donors (Lipinski definition) is 0. The van der Waals surface area contributed by atoms with Crippen LogP contribution < -0.4 is 9.80 Å². The molecule has 7 heteroatoms. The summed E-state index contributed by atoms with van der Waals surface area (Å²) in [4.78, 5) is 15.2. The summed E-state index contributed by atoms with van der Waals surface area (Å²) in [5.74, 6) is 0.772. The van der Waals surface area contributed by atoms with Crippen LogP contribution in [0, 0.1) is 5.82 Å². The average Bonchev–Trinajstić information content (AvgIpc) is 2.89. The van der Waals surface area contributed by atoms with E-state index < -0.39 is 16.9 Å². The zero-order valence-electron chi connectivity index (χ0n) is 12.5. The first-order valence-corrected chi connectivity index (χ1v) is 8.95. The van der Waals surface area contributed by atoms with E-state index in [0.29, 0.717) is 42.5 Å². The van der Waals surface area contributed by atoms with Gasteiger partial charge in [0.05, 0.1) is 17.9 Å². The molecule has 0 spiro atoms. The Morgan fingerprint density at radius 2 is 2.09 bits per heavy atom. The van der Waals surface area contributed by atoms with Crippen LogP contribution >= 0.6 is 0 Å². The summed E-state index contributed by atoms with van der Waals surface area (Å²) in [7, 11) is -0.791. The smallest absolute Gasteiger partial charge is 0.414 e. The molecule has 1 atom stereocenters. The van der Waals surface area contributed by atoms with Gasteiger partial charge in [0.2, 0.25) is 0 Å². The minimum atomic E-state index is -0.791. The minimum absolute atomic E-state index is 0.132. The summed E-state index contributed by atoms with van der Waals surface area (Å²) in [5.41, 5.74) is 1.02. The maximum Gasteiger partial charge on any atom is 0.414 e. The van der Waals surface area contributed by atoms with E-state index in [0.717, 1.165) is 6.42 Å². The molecule has 2 saturated heterocycles. The van der Waals surface area contributed by atoms with E-state index in [-0.39, 0.29) is 11.9 Å². The predicted molar refractivity (Wildman–Crippen MR) is 84.4 cm³/mol. The lowest BCUT2D eigenvalue weighted by molar-refractivity contribution is 0.139. The topological polar surface area (TPSA) is 49.9 Å². The van der Waals surface area contributed by atoms with Crippen molar-refractivity contribution in [1.82, 2.24) is 0 Å². The fourth-order valence-electron chi connectivity index (χ4n) is 2.74. The second-order valence-electron chi connectivity index (χ2n) is 5.50. The molecule has 0 saturated carbocycles. The first kappa shape index (κ1) is 15.3. The van der Waals surface area contributed by atoms with Gasteiger partial charge in [-0.15, -0.1) is 0 Å². The molecule has 1 aromatic rings. The maximum atomic E-state index is 14.4. The van der Waals surface area contributed by atoms with Crippen LogP contribution in [0.15, 0.2) is 18.2 Å². The summed E-state index contributed by atoms with van der Waals surface area (Å²) < 4.78 is 31.0. The fraction of sp³-hybridized carbons (Fsp3) is 0.533. The van der Waals surface area contributed by atoms with Gasteiger partial charge < -0.3 is 9.64 Å². The molecule has 2 aliphatic rings. The molecule has 3 rings (SSSR count). The molecule has 1 aromatic carbocycles. The number of anilines is 2. The lowest BCUT2D eigenvalue weighted by Crippen LogP contribution is -2.38. The molecule has 0 bridgehead atoms. The van der Waals surface area contributed by atoms with Gasteiger partial charge in [0.25, 0.3) is 0 Å². The van der Waals surface area contributed by atoms with Gasteiger partial charge in [-0.1, -0.05) is 6.92 Å². The van der Waals surface area contributed by atoms with E-state index in [1.165, 1.54) is 11.0 Å². The Morgan fingerprint density at radius 3 is 2.68 bits per heavy atom. The molecular formula is C15H19FN2O3S. The van der Waals surface area contributed by atoms with Crippen LogP contribution in [0.5, 0.6) is 0 Å². The van der Waals surface area contributed by atoms with Crippen molar-refractivity contribution >= 4 is 28.3 Å². The van der Waals surface area contributed by atoms with Gasteiger partial charge in [-0.25, -0.2) is 9.18 Å². The highest BCUT2D eigenvalue weighted by molar-refractivity contribution is 7.85. The van der Waals surface area contributed by atoms with Crippen LogP contribution in [-0.2, 0) is 15.5 Å². The van der Waals surface area contributed by atoms with Gasteiger partial charge in [0.1, 0.15) is 11.9 Å². The third-order valence-corrected chi connectivity index (χ3v) is 5.37. The van der Waals surface area contributed by atoms with Crippen molar-refractivity contribution in [3.63, 3.8) is 0 Å². The zero-order chi connectivity index (χ0) is 15.7. The number of cyclic esters (lactones) is 1. The number of carbonyl (C=O) groups excluding carboxylic acids is 1. The van der Waals surface area contributed by atoms with Crippen LogP contribution in [0.2, 0.25) is 0 Å². The number of benzene rings is 1. The van der Waals surface area contributed by atoms with Crippen LogP contribution in [0.4, 0.5) is 20.6 Å². The Morgan fingerprint density at radius 1 is 1.36 bits per heavy atom. The Hall–Kier alpha value is -1.63. The molecule has 0 unspecified atom stereocenters. The zero-order valence-corrected chi connectivity index (χ0v) is 13.3. The molecule has 2 aliphatic heterocycles. The van der Waals surface area contributed by atoms with Crippen molar-refractivity contribution in [2.45, 2.75) is 19.4 Å². The lowest BCUT2D eigenvalue weighted by Gasteiger charge is -2.29. The van der Waals surface area contributed by atoms with E-state index in [4.69, 9.17) is 4.74 Å². The SMILES string of the molecule is CC[C@H]1CN(c2ccc(N3CCS(=O)CC3)c(F)c2)C(=O)O1. The van der Waals surface area contributed by atoms with Gasteiger partial charge in [-0.3, -0.25) is 9.11 Å². The van der Waals surface area contributed by atoms with Gasteiger partial charge in [-0.05, 0) is 24.6 Å². The standard InChI is InChI=1S/C15H19FN2O3S/c1-2-12-10-18(15(19)21-12)11-3-4-14(13(16)9-11)17-5-7-22(20)8-6-17/h3-4,9,12H,2,5-8,10H2,1H3/t12-/m0/s1. The Balaban J connectivity index is 1.78. The molecular weight excluding hydrogens is 307 g/mol. The highest BCUT2D eigenvalue weighted by atomic mass is 32.2. The molecule has 2 heterocycles. The summed E-state index contributed by atoms with van der Waals surface area (Å²) in [6, 6.07) is 4.80. The van der Waals surface area contributed by atoms with Crippen molar-refractivity contribution in [1.29, 1.82) is 0 Å². The molecule has 1 amide bonds. The molecule has 0 radical (unpaired) electrons. The molecule has 0 aromatic heterocycles. The van der Waals surface area contributed by atoms with Gasteiger partial charge >= 0.3 is 6.09 Å². The molecule has 2 fully saturated rings. The van der Waals surface area contributed by atoms with Gasteiger partial charge in [-0.2, -0.15) is 0 Å². The Labute approximate surface area is 131 Å². The quantitative estimate of drug-likeness (QED) is 0.854. The van der Waals surface area contributed by atoms with Crippen molar-refractivity contribution in [2.24, 2.45) is 0 Å². The molecule has 5 nitrogen and oxygen atoms in total. The van der Waals surface area contributed by atoms with E-state index in [1.807, 2.05) is 11.8 Å². The highest BCUT2D eigenvalue weighted by Crippen LogP contribution is 2.28. The summed E-state index contributed by atoms with van der Waals surface area (Å²) in [6.45, 7) is 3.58. The first-order chi connectivity index (χ1) is 10.6. The van der Waals surface area contributed by atoms with Crippen molar-refractivity contribution in [2.75, 3.05) is 40.9 Å². The predicted octanol–water partition coefficient (Wildman–Crippen LogP) is 2.13. The summed E-state index contributed by atoms with van der Waals surface area (Å²) in [5, 5.41) is 0. The second-order valence-corrected chi connectivity index (χ2v) is 7.19. The van der Waals surface area contributed by atoms with Gasteiger partial charge in [0, 0.05) is 35.4 Å². The van der Waals surface area contributed by atoms with Crippen molar-refractivity contribution in [3.8, 4) is 0 Å². The fourth-order valence-corrected chi connectivity index (χ4v) is 3.80. The number of carbonyl (C=O) groups is 1. The van der Waals surface area contributed by atoms with E-state index in [9.17, 15) is 13.4 Å². The maximum absolute atomic E-state index is 14.4. The normalized spacial score (nSPS) is 23.0. The first-order valence-electron chi connectivity index (χ1n) is 7.46.